The summed E-state index contributed by atoms with van der Waals surface area (Å²) in [5.41, 5.74) is 6.00. The first-order valence-corrected chi connectivity index (χ1v) is 9.66. The van der Waals surface area contributed by atoms with Gasteiger partial charge in [-0.15, -0.1) is 0 Å². The molecular weight excluding hydrogens is 316 g/mol. The highest BCUT2D eigenvalue weighted by Gasteiger charge is 2.26. The van der Waals surface area contributed by atoms with Gasteiger partial charge in [0.15, 0.2) is 0 Å². The van der Waals surface area contributed by atoms with Gasteiger partial charge in [0, 0.05) is 0 Å². The molecule has 0 atom stereocenters. The van der Waals surface area contributed by atoms with E-state index < -0.39 is 0 Å². The molecule has 1 heteroatoms. The molecule has 2 rings (SSSR count). The molecule has 0 bridgehead atoms. The second-order valence-corrected chi connectivity index (χ2v) is 10.7. The molecule has 26 heavy (non-hydrogen) atoms. The Bertz CT molecular complexity index is 725. The molecule has 0 saturated heterocycles. The normalized spacial score (nSPS) is 13.1. The second kappa shape index (κ2) is 6.76. The topological polar surface area (TPSA) is 20.2 Å². The zero-order valence-electron chi connectivity index (χ0n) is 18.1. The highest BCUT2D eigenvalue weighted by Crippen LogP contribution is 2.40. The summed E-state index contributed by atoms with van der Waals surface area (Å²) in [5, 5.41) is 10.9. The number of hydrogen-bond donors (Lipinski definition) is 1. The van der Waals surface area contributed by atoms with Gasteiger partial charge < -0.3 is 5.11 Å². The van der Waals surface area contributed by atoms with E-state index in [-0.39, 0.29) is 16.2 Å². The van der Waals surface area contributed by atoms with Crippen LogP contribution in [0.3, 0.4) is 0 Å². The largest absolute Gasteiger partial charge is 0.507 e. The maximum Gasteiger partial charge on any atom is 0.123 e. The molecule has 2 aromatic rings. The van der Waals surface area contributed by atoms with Gasteiger partial charge in [0.1, 0.15) is 5.75 Å². The molecule has 1 N–H and O–H groups in total. The molecule has 142 valence electrons. The molecule has 0 radical (unpaired) electrons. The highest BCUT2D eigenvalue weighted by molar-refractivity contribution is 5.50. The standard InChI is InChI=1S/C25H36O/c1-23(2,3)19-12-10-17(11-13-19)14-18-15-20(24(4,5)6)22(26)21(16-18)25(7,8)9/h10-13,15-16,26H,14H2,1-9H3. The Morgan fingerprint density at radius 1 is 0.615 bits per heavy atom. The third kappa shape index (κ3) is 4.69. The number of hydrogen-bond acceptors (Lipinski definition) is 1. The van der Waals surface area contributed by atoms with Gasteiger partial charge in [0.2, 0.25) is 0 Å². The molecule has 0 spiro atoms. The summed E-state index contributed by atoms with van der Waals surface area (Å²) in [7, 11) is 0. The molecular formula is C25H36O. The lowest BCUT2D eigenvalue weighted by Crippen LogP contribution is -2.18. The Balaban J connectivity index is 2.46. The van der Waals surface area contributed by atoms with Crippen molar-refractivity contribution in [1.29, 1.82) is 0 Å². The van der Waals surface area contributed by atoms with Crippen molar-refractivity contribution in [3.8, 4) is 5.75 Å². The summed E-state index contributed by atoms with van der Waals surface area (Å²) in [4.78, 5) is 0. The lowest BCUT2D eigenvalue weighted by atomic mass is 9.78. The van der Waals surface area contributed by atoms with Crippen LogP contribution in [0.5, 0.6) is 5.75 Å². The van der Waals surface area contributed by atoms with Crippen LogP contribution in [0.25, 0.3) is 0 Å². The van der Waals surface area contributed by atoms with Crippen molar-refractivity contribution in [3.63, 3.8) is 0 Å². The summed E-state index contributed by atoms with van der Waals surface area (Å²) in [6.45, 7) is 19.7. The maximum atomic E-state index is 10.9. The minimum Gasteiger partial charge on any atom is -0.507 e. The van der Waals surface area contributed by atoms with Gasteiger partial charge in [-0.25, -0.2) is 0 Å². The zero-order chi connectivity index (χ0) is 19.9. The van der Waals surface area contributed by atoms with E-state index in [9.17, 15) is 5.11 Å². The average Bonchev–Trinajstić information content (AvgIpc) is 2.46. The minimum atomic E-state index is -0.0871. The van der Waals surface area contributed by atoms with Crippen LogP contribution in [-0.4, -0.2) is 5.11 Å². The van der Waals surface area contributed by atoms with Gasteiger partial charge in [-0.05, 0) is 50.5 Å². The summed E-state index contributed by atoms with van der Waals surface area (Å²) >= 11 is 0. The summed E-state index contributed by atoms with van der Waals surface area (Å²) in [6.07, 6.45) is 0.886. The predicted molar refractivity (Wildman–Crippen MR) is 113 cm³/mol. The molecule has 0 aliphatic heterocycles. The maximum absolute atomic E-state index is 10.9. The fourth-order valence-corrected chi connectivity index (χ4v) is 3.30. The third-order valence-electron chi connectivity index (χ3n) is 5.01. The average molecular weight is 353 g/mol. The van der Waals surface area contributed by atoms with Crippen molar-refractivity contribution in [2.45, 2.75) is 85.0 Å². The number of rotatable bonds is 2. The fraction of sp³-hybridized carbons (Fsp3) is 0.520. The molecule has 0 saturated carbocycles. The Morgan fingerprint density at radius 2 is 1.04 bits per heavy atom. The van der Waals surface area contributed by atoms with E-state index in [0.29, 0.717) is 5.75 Å². The van der Waals surface area contributed by atoms with Gasteiger partial charge in [-0.3, -0.25) is 0 Å². The van der Waals surface area contributed by atoms with Gasteiger partial charge in [0.25, 0.3) is 0 Å². The summed E-state index contributed by atoms with van der Waals surface area (Å²) in [5.74, 6) is 0.455. The van der Waals surface area contributed by atoms with E-state index >= 15 is 0 Å². The number of aromatic hydroxyl groups is 1. The number of benzene rings is 2. The lowest BCUT2D eigenvalue weighted by Gasteiger charge is -2.28. The zero-order valence-corrected chi connectivity index (χ0v) is 18.1. The van der Waals surface area contributed by atoms with Crippen LogP contribution in [0.4, 0.5) is 0 Å². The first kappa shape index (κ1) is 20.6. The molecule has 2 aromatic carbocycles. The second-order valence-electron chi connectivity index (χ2n) is 10.7. The first-order valence-electron chi connectivity index (χ1n) is 9.66. The van der Waals surface area contributed by atoms with Gasteiger partial charge in [-0.1, -0.05) is 98.7 Å². The molecule has 0 unspecified atom stereocenters. The molecule has 1 nitrogen and oxygen atoms in total. The quantitative estimate of drug-likeness (QED) is 0.625. The van der Waals surface area contributed by atoms with E-state index in [0.717, 1.165) is 17.5 Å². The molecule has 0 fully saturated rings. The van der Waals surface area contributed by atoms with Crippen LogP contribution in [0.15, 0.2) is 36.4 Å². The van der Waals surface area contributed by atoms with E-state index in [1.165, 1.54) is 16.7 Å². The third-order valence-corrected chi connectivity index (χ3v) is 5.01. The summed E-state index contributed by atoms with van der Waals surface area (Å²) < 4.78 is 0. The van der Waals surface area contributed by atoms with Crippen molar-refractivity contribution in [1.82, 2.24) is 0 Å². The Labute approximate surface area is 160 Å². The van der Waals surface area contributed by atoms with Crippen molar-refractivity contribution >= 4 is 0 Å². The fourth-order valence-electron chi connectivity index (χ4n) is 3.30. The SMILES string of the molecule is CC(C)(C)c1ccc(Cc2cc(C(C)(C)C)c(O)c(C(C)(C)C)c2)cc1. The van der Waals surface area contributed by atoms with Crippen molar-refractivity contribution in [2.75, 3.05) is 0 Å². The summed E-state index contributed by atoms with van der Waals surface area (Å²) in [6, 6.07) is 13.3. The Kier molecular flexibility index (Phi) is 5.34. The van der Waals surface area contributed by atoms with Gasteiger partial charge in [-0.2, -0.15) is 0 Å². The molecule has 0 amide bonds. The van der Waals surface area contributed by atoms with Crippen molar-refractivity contribution in [2.24, 2.45) is 0 Å². The lowest BCUT2D eigenvalue weighted by molar-refractivity contribution is 0.423. The smallest absolute Gasteiger partial charge is 0.123 e. The molecule has 0 heterocycles. The van der Waals surface area contributed by atoms with E-state index in [1.54, 1.807) is 0 Å². The molecule has 0 aromatic heterocycles. The van der Waals surface area contributed by atoms with E-state index in [1.807, 2.05) is 0 Å². The van der Waals surface area contributed by atoms with Crippen molar-refractivity contribution in [3.05, 3.63) is 64.2 Å². The highest BCUT2D eigenvalue weighted by atomic mass is 16.3. The van der Waals surface area contributed by atoms with Crippen LogP contribution in [-0.2, 0) is 22.7 Å². The van der Waals surface area contributed by atoms with Crippen LogP contribution in [0, 0.1) is 0 Å². The van der Waals surface area contributed by atoms with E-state index in [2.05, 4.69) is 98.7 Å². The molecule has 0 aliphatic carbocycles. The van der Waals surface area contributed by atoms with Gasteiger partial charge >= 0.3 is 0 Å². The predicted octanol–water partition coefficient (Wildman–Crippen LogP) is 6.88. The van der Waals surface area contributed by atoms with Crippen LogP contribution in [0.1, 0.15) is 90.1 Å². The monoisotopic (exact) mass is 352 g/mol. The van der Waals surface area contributed by atoms with Crippen LogP contribution < -0.4 is 0 Å². The van der Waals surface area contributed by atoms with Crippen LogP contribution >= 0.6 is 0 Å². The van der Waals surface area contributed by atoms with Crippen LogP contribution in [0.2, 0.25) is 0 Å². The number of phenolic OH excluding ortho intramolecular Hbond substituents is 1. The van der Waals surface area contributed by atoms with Crippen molar-refractivity contribution < 1.29 is 5.11 Å². The van der Waals surface area contributed by atoms with Gasteiger partial charge in [0.05, 0.1) is 0 Å². The minimum absolute atomic E-state index is 0.0871. The Morgan fingerprint density at radius 3 is 1.38 bits per heavy atom. The number of phenols is 1. The Hall–Kier alpha value is -1.76. The van der Waals surface area contributed by atoms with E-state index in [4.69, 9.17) is 0 Å². The first-order chi connectivity index (χ1) is 11.7. The molecule has 0 aliphatic rings.